The van der Waals surface area contributed by atoms with Crippen molar-refractivity contribution in [3.05, 3.63) is 23.2 Å². The molecule has 2 N–H and O–H groups in total. The van der Waals surface area contributed by atoms with Gasteiger partial charge in [-0.25, -0.2) is 8.42 Å². The van der Waals surface area contributed by atoms with Crippen LogP contribution in [0, 0.1) is 0 Å². The third-order valence-corrected chi connectivity index (χ3v) is 5.23. The van der Waals surface area contributed by atoms with Crippen LogP contribution in [0.4, 0.5) is 5.69 Å². The van der Waals surface area contributed by atoms with Crippen LogP contribution in [-0.4, -0.2) is 38.5 Å². The minimum atomic E-state index is -3.54. The van der Waals surface area contributed by atoms with E-state index in [1.807, 2.05) is 6.92 Å². The minimum Gasteiger partial charge on any atom is -0.397 e. The van der Waals surface area contributed by atoms with Crippen LogP contribution in [0.1, 0.15) is 6.92 Å². The number of benzene rings is 1. The number of morpholine rings is 1. The molecule has 5 nitrogen and oxygen atoms in total. The van der Waals surface area contributed by atoms with Gasteiger partial charge in [-0.05, 0) is 25.1 Å². The van der Waals surface area contributed by atoms with E-state index < -0.39 is 10.0 Å². The number of nitrogens with two attached hydrogens (primary N) is 1. The zero-order valence-electron chi connectivity index (χ0n) is 9.97. The zero-order chi connectivity index (χ0) is 13.3. The van der Waals surface area contributed by atoms with Crippen molar-refractivity contribution in [3.8, 4) is 0 Å². The zero-order valence-corrected chi connectivity index (χ0v) is 11.5. The van der Waals surface area contributed by atoms with Crippen molar-refractivity contribution in [2.24, 2.45) is 0 Å². The van der Waals surface area contributed by atoms with E-state index in [1.54, 1.807) is 0 Å². The Labute approximate surface area is 112 Å². The molecule has 1 aliphatic rings. The highest BCUT2D eigenvalue weighted by Crippen LogP contribution is 2.26. The van der Waals surface area contributed by atoms with Crippen LogP contribution in [0.3, 0.4) is 0 Å². The minimum absolute atomic E-state index is 0.165. The standard InChI is InChI=1S/C11H15ClN2O3S/c1-8-7-17-5-4-14(8)18(15,16)9-2-3-10(12)11(13)6-9/h2-3,6,8H,4-5,7,13H2,1H3/t8-/m1/s1. The second-order valence-electron chi connectivity index (χ2n) is 4.22. The van der Waals surface area contributed by atoms with E-state index >= 15 is 0 Å². The van der Waals surface area contributed by atoms with Crippen molar-refractivity contribution in [2.45, 2.75) is 17.9 Å². The Kier molecular flexibility index (Phi) is 3.82. The summed E-state index contributed by atoms with van der Waals surface area (Å²) in [5.74, 6) is 0. The topological polar surface area (TPSA) is 72.6 Å². The highest BCUT2D eigenvalue weighted by molar-refractivity contribution is 7.89. The second-order valence-corrected chi connectivity index (χ2v) is 6.52. The Morgan fingerprint density at radius 1 is 1.50 bits per heavy atom. The molecule has 1 atom stereocenters. The van der Waals surface area contributed by atoms with Crippen molar-refractivity contribution in [1.29, 1.82) is 0 Å². The molecule has 1 saturated heterocycles. The third kappa shape index (κ3) is 2.47. The van der Waals surface area contributed by atoms with Crippen molar-refractivity contribution >= 4 is 27.3 Å². The molecule has 1 aromatic rings. The summed E-state index contributed by atoms with van der Waals surface area (Å²) in [5.41, 5.74) is 5.90. The molecule has 2 rings (SSSR count). The van der Waals surface area contributed by atoms with Gasteiger partial charge in [0.25, 0.3) is 0 Å². The van der Waals surface area contributed by atoms with Gasteiger partial charge in [0.15, 0.2) is 0 Å². The highest BCUT2D eigenvalue weighted by Gasteiger charge is 2.31. The maximum Gasteiger partial charge on any atom is 0.243 e. The lowest BCUT2D eigenvalue weighted by molar-refractivity contribution is 0.0393. The first-order valence-corrected chi connectivity index (χ1v) is 7.39. The van der Waals surface area contributed by atoms with Crippen LogP contribution < -0.4 is 5.73 Å². The van der Waals surface area contributed by atoms with E-state index in [1.165, 1.54) is 22.5 Å². The first-order valence-electron chi connectivity index (χ1n) is 5.57. The van der Waals surface area contributed by atoms with E-state index in [0.717, 1.165) is 0 Å². The number of rotatable bonds is 2. The van der Waals surface area contributed by atoms with Crippen molar-refractivity contribution in [3.63, 3.8) is 0 Å². The van der Waals surface area contributed by atoms with Crippen LogP contribution in [0.25, 0.3) is 0 Å². The van der Waals surface area contributed by atoms with Crippen LogP contribution in [0.5, 0.6) is 0 Å². The fourth-order valence-electron chi connectivity index (χ4n) is 1.89. The first-order chi connectivity index (χ1) is 8.43. The van der Waals surface area contributed by atoms with Crippen LogP contribution in [0.15, 0.2) is 23.1 Å². The van der Waals surface area contributed by atoms with E-state index in [-0.39, 0.29) is 16.6 Å². The molecule has 1 aliphatic heterocycles. The molecule has 1 heterocycles. The van der Waals surface area contributed by atoms with Crippen LogP contribution >= 0.6 is 11.6 Å². The van der Waals surface area contributed by atoms with Gasteiger partial charge in [0.1, 0.15) is 0 Å². The van der Waals surface area contributed by atoms with E-state index in [4.69, 9.17) is 22.1 Å². The number of hydrogen-bond acceptors (Lipinski definition) is 4. The first kappa shape index (κ1) is 13.6. The van der Waals surface area contributed by atoms with Gasteiger partial charge in [-0.3, -0.25) is 0 Å². The summed E-state index contributed by atoms with van der Waals surface area (Å²) in [4.78, 5) is 0.165. The average Bonchev–Trinajstić information content (AvgIpc) is 2.33. The summed E-state index contributed by atoms with van der Waals surface area (Å²) in [6, 6.07) is 4.17. The Bertz CT molecular complexity index is 547. The predicted octanol–water partition coefficient (Wildman–Crippen LogP) is 1.33. The lowest BCUT2D eigenvalue weighted by atomic mass is 10.3. The van der Waals surface area contributed by atoms with Crippen molar-refractivity contribution in [1.82, 2.24) is 4.31 Å². The van der Waals surface area contributed by atoms with Gasteiger partial charge < -0.3 is 10.5 Å². The van der Waals surface area contributed by atoms with Crippen molar-refractivity contribution < 1.29 is 13.2 Å². The molecule has 0 amide bonds. The molecular formula is C11H15ClN2O3S. The van der Waals surface area contributed by atoms with Gasteiger partial charge in [0.05, 0.1) is 28.8 Å². The predicted molar refractivity (Wildman–Crippen MR) is 70.0 cm³/mol. The van der Waals surface area contributed by atoms with E-state index in [0.29, 0.717) is 24.8 Å². The molecule has 0 radical (unpaired) electrons. The highest BCUT2D eigenvalue weighted by atomic mass is 35.5. The summed E-state index contributed by atoms with van der Waals surface area (Å²) < 4.78 is 31.5. The molecule has 100 valence electrons. The number of sulfonamides is 1. The monoisotopic (exact) mass is 290 g/mol. The summed E-state index contributed by atoms with van der Waals surface area (Å²) >= 11 is 5.79. The SMILES string of the molecule is C[C@@H]1COCCN1S(=O)(=O)c1ccc(Cl)c(N)c1. The van der Waals surface area contributed by atoms with Crippen molar-refractivity contribution in [2.75, 3.05) is 25.5 Å². The molecule has 0 spiro atoms. The molecule has 0 bridgehead atoms. The van der Waals surface area contributed by atoms with Gasteiger partial charge in [-0.1, -0.05) is 11.6 Å². The molecule has 0 unspecified atom stereocenters. The van der Waals surface area contributed by atoms with Gasteiger partial charge in [0.2, 0.25) is 10.0 Å². The largest absolute Gasteiger partial charge is 0.397 e. The number of anilines is 1. The smallest absolute Gasteiger partial charge is 0.243 e. The van der Waals surface area contributed by atoms with Gasteiger partial charge in [-0.15, -0.1) is 0 Å². The number of halogens is 1. The van der Waals surface area contributed by atoms with Gasteiger partial charge >= 0.3 is 0 Å². The second kappa shape index (κ2) is 5.05. The van der Waals surface area contributed by atoms with Crippen LogP contribution in [-0.2, 0) is 14.8 Å². The van der Waals surface area contributed by atoms with E-state index in [2.05, 4.69) is 0 Å². The number of nitrogen functional groups attached to an aromatic ring is 1. The summed E-state index contributed by atoms with van der Waals surface area (Å²) in [6.45, 7) is 2.98. The normalized spacial score (nSPS) is 22.0. The summed E-state index contributed by atoms with van der Waals surface area (Å²) in [7, 11) is -3.54. The lowest BCUT2D eigenvalue weighted by Crippen LogP contribution is -2.46. The average molecular weight is 291 g/mol. The van der Waals surface area contributed by atoms with Crippen LogP contribution in [0.2, 0.25) is 5.02 Å². The molecule has 1 aromatic carbocycles. The fraction of sp³-hybridized carbons (Fsp3) is 0.455. The third-order valence-electron chi connectivity index (χ3n) is 2.88. The molecule has 0 saturated carbocycles. The lowest BCUT2D eigenvalue weighted by Gasteiger charge is -2.32. The maximum atomic E-state index is 12.4. The Balaban J connectivity index is 2.37. The Hall–Kier alpha value is -0.820. The summed E-state index contributed by atoms with van der Waals surface area (Å²) in [6.07, 6.45) is 0. The number of nitrogens with zero attached hydrogens (tertiary/aromatic N) is 1. The summed E-state index contributed by atoms with van der Waals surface area (Å²) in [5, 5.41) is 0.351. The molecule has 7 heteroatoms. The Morgan fingerprint density at radius 2 is 2.22 bits per heavy atom. The molecule has 1 fully saturated rings. The van der Waals surface area contributed by atoms with E-state index in [9.17, 15) is 8.42 Å². The number of hydrogen-bond donors (Lipinski definition) is 1. The molecular weight excluding hydrogens is 276 g/mol. The number of ether oxygens (including phenoxy) is 1. The van der Waals surface area contributed by atoms with Gasteiger partial charge in [-0.2, -0.15) is 4.31 Å². The molecule has 0 aliphatic carbocycles. The fourth-order valence-corrected chi connectivity index (χ4v) is 3.64. The van der Waals surface area contributed by atoms with Gasteiger partial charge in [0, 0.05) is 12.6 Å². The quantitative estimate of drug-likeness (QED) is 0.834. The molecule has 18 heavy (non-hydrogen) atoms. The molecule has 0 aromatic heterocycles. The maximum absolute atomic E-state index is 12.4. The Morgan fingerprint density at radius 3 is 2.83 bits per heavy atom.